The third-order valence-corrected chi connectivity index (χ3v) is 5.30. The number of H-pyrrole nitrogens is 1. The summed E-state index contributed by atoms with van der Waals surface area (Å²) in [6, 6.07) is 27.8. The maximum Gasteiger partial charge on any atom is 0.210 e. The first-order valence-corrected chi connectivity index (χ1v) is 10.4. The number of ether oxygens (including phenoxy) is 1. The molecule has 0 spiro atoms. The van der Waals surface area contributed by atoms with Crippen molar-refractivity contribution in [1.29, 1.82) is 0 Å². The van der Waals surface area contributed by atoms with E-state index in [2.05, 4.69) is 42.8 Å². The smallest absolute Gasteiger partial charge is 0.210 e. The summed E-state index contributed by atoms with van der Waals surface area (Å²) in [5.41, 5.74) is 5.24. The molecule has 3 aromatic heterocycles. The Kier molecular flexibility index (Phi) is 4.58. The number of hydrogen-bond donors (Lipinski definition) is 1. The van der Waals surface area contributed by atoms with Crippen LogP contribution in [0, 0.1) is 0 Å². The topological polar surface area (TPSA) is 93.9 Å². The normalized spacial score (nSPS) is 11.0. The maximum atomic E-state index is 5.96. The zero-order valence-corrected chi connectivity index (χ0v) is 17.3. The fourth-order valence-corrected chi connectivity index (χ4v) is 3.78. The lowest BCUT2D eigenvalue weighted by Crippen LogP contribution is -2.00. The van der Waals surface area contributed by atoms with E-state index < -0.39 is 0 Å². The van der Waals surface area contributed by atoms with Gasteiger partial charge in [0.25, 0.3) is 0 Å². The second-order valence-corrected chi connectivity index (χ2v) is 7.36. The summed E-state index contributed by atoms with van der Waals surface area (Å²) >= 11 is 0. The van der Waals surface area contributed by atoms with Crippen molar-refractivity contribution in [3.8, 4) is 45.3 Å². The summed E-state index contributed by atoms with van der Waals surface area (Å²) in [6.07, 6.45) is 3.57. The van der Waals surface area contributed by atoms with E-state index in [1.165, 1.54) is 0 Å². The molecule has 6 aromatic rings. The van der Waals surface area contributed by atoms with Gasteiger partial charge < -0.3 is 4.74 Å². The molecule has 3 aromatic carbocycles. The molecular formula is C25H17N7O. The standard InChI is InChI=1S/C25H17N7O/c1-3-7-17(8-4-1)21-15-26-25-22(24-28-30-31-29-24)16-27-32(25)23(21)18-11-13-20(14-12-18)33-19-9-5-2-6-10-19/h1-16H,(H,28,29,30,31). The van der Waals surface area contributed by atoms with Gasteiger partial charge >= 0.3 is 0 Å². The number of aromatic amines is 1. The summed E-state index contributed by atoms with van der Waals surface area (Å²) in [6.45, 7) is 0. The summed E-state index contributed by atoms with van der Waals surface area (Å²) in [5.74, 6) is 1.99. The molecule has 3 heterocycles. The van der Waals surface area contributed by atoms with Crippen molar-refractivity contribution < 1.29 is 4.74 Å². The van der Waals surface area contributed by atoms with Crippen LogP contribution in [-0.4, -0.2) is 35.2 Å². The Morgan fingerprint density at radius 2 is 1.42 bits per heavy atom. The summed E-state index contributed by atoms with van der Waals surface area (Å²) < 4.78 is 7.78. The third kappa shape index (κ3) is 3.49. The van der Waals surface area contributed by atoms with Crippen LogP contribution in [0.2, 0.25) is 0 Å². The van der Waals surface area contributed by atoms with E-state index in [-0.39, 0.29) is 0 Å². The predicted octanol–water partition coefficient (Wildman–Crippen LogP) is 5.04. The molecule has 1 N–H and O–H groups in total. The molecular weight excluding hydrogens is 414 g/mol. The highest BCUT2D eigenvalue weighted by Gasteiger charge is 2.19. The molecule has 0 saturated carbocycles. The lowest BCUT2D eigenvalue weighted by Gasteiger charge is -2.13. The number of para-hydroxylation sites is 1. The van der Waals surface area contributed by atoms with Crippen LogP contribution in [0.15, 0.2) is 97.3 Å². The number of hydrogen-bond acceptors (Lipinski definition) is 6. The SMILES string of the molecule is c1ccc(Oc2ccc(-c3c(-c4ccccc4)cnc4c(-c5nn[nH]n5)cnn34)cc2)cc1. The maximum absolute atomic E-state index is 5.96. The van der Waals surface area contributed by atoms with Gasteiger partial charge in [-0.2, -0.15) is 10.3 Å². The molecule has 33 heavy (non-hydrogen) atoms. The van der Waals surface area contributed by atoms with Crippen molar-refractivity contribution in [2.45, 2.75) is 0 Å². The Bertz CT molecular complexity index is 1510. The second kappa shape index (κ2) is 8.01. The molecule has 0 radical (unpaired) electrons. The molecule has 0 amide bonds. The van der Waals surface area contributed by atoms with E-state index >= 15 is 0 Å². The van der Waals surface area contributed by atoms with E-state index in [0.717, 1.165) is 33.9 Å². The molecule has 158 valence electrons. The molecule has 6 rings (SSSR count). The van der Waals surface area contributed by atoms with Gasteiger partial charge in [-0.3, -0.25) is 0 Å². The molecule has 8 nitrogen and oxygen atoms in total. The minimum atomic E-state index is 0.447. The minimum Gasteiger partial charge on any atom is -0.457 e. The number of benzene rings is 3. The number of nitrogens with one attached hydrogen (secondary N) is 1. The summed E-state index contributed by atoms with van der Waals surface area (Å²) in [4.78, 5) is 4.69. The van der Waals surface area contributed by atoms with Crippen LogP contribution < -0.4 is 4.74 Å². The molecule has 0 fully saturated rings. The van der Waals surface area contributed by atoms with Gasteiger partial charge in [-0.15, -0.1) is 10.2 Å². The van der Waals surface area contributed by atoms with E-state index in [1.807, 2.05) is 83.5 Å². The highest BCUT2D eigenvalue weighted by atomic mass is 16.5. The molecule has 0 aliphatic rings. The number of nitrogens with zero attached hydrogens (tertiary/aromatic N) is 6. The van der Waals surface area contributed by atoms with Crippen molar-refractivity contribution in [3.63, 3.8) is 0 Å². The lowest BCUT2D eigenvalue weighted by atomic mass is 10.0. The first-order chi connectivity index (χ1) is 16.4. The van der Waals surface area contributed by atoms with Crippen molar-refractivity contribution >= 4 is 5.65 Å². The quantitative estimate of drug-likeness (QED) is 0.411. The van der Waals surface area contributed by atoms with Crippen LogP contribution in [0.25, 0.3) is 39.4 Å². The predicted molar refractivity (Wildman–Crippen MR) is 124 cm³/mol. The van der Waals surface area contributed by atoms with Crippen molar-refractivity contribution in [2.75, 3.05) is 0 Å². The first-order valence-electron chi connectivity index (χ1n) is 10.4. The highest BCUT2D eigenvalue weighted by Crippen LogP contribution is 2.35. The fourth-order valence-electron chi connectivity index (χ4n) is 3.78. The second-order valence-electron chi connectivity index (χ2n) is 7.36. The van der Waals surface area contributed by atoms with Gasteiger partial charge in [0.05, 0.1) is 17.5 Å². The molecule has 0 aliphatic carbocycles. The van der Waals surface area contributed by atoms with Crippen molar-refractivity contribution in [3.05, 3.63) is 97.3 Å². The first kappa shape index (κ1) is 18.9. The molecule has 8 heteroatoms. The van der Waals surface area contributed by atoms with Crippen LogP contribution in [-0.2, 0) is 0 Å². The summed E-state index contributed by atoms with van der Waals surface area (Å²) in [7, 11) is 0. The average Bonchev–Trinajstić information content (AvgIpc) is 3.55. The van der Waals surface area contributed by atoms with Gasteiger partial charge in [-0.25, -0.2) is 9.50 Å². The average molecular weight is 431 g/mol. The zero-order valence-electron chi connectivity index (χ0n) is 17.3. The van der Waals surface area contributed by atoms with Gasteiger partial charge in [-0.05, 0) is 47.2 Å². The molecule has 0 atom stereocenters. The summed E-state index contributed by atoms with van der Waals surface area (Å²) in [5, 5.41) is 18.9. The van der Waals surface area contributed by atoms with Gasteiger partial charge in [0.2, 0.25) is 5.82 Å². The Morgan fingerprint density at radius 1 is 0.697 bits per heavy atom. The van der Waals surface area contributed by atoms with Crippen LogP contribution >= 0.6 is 0 Å². The van der Waals surface area contributed by atoms with E-state index in [1.54, 1.807) is 6.20 Å². The van der Waals surface area contributed by atoms with Crippen LogP contribution in [0.5, 0.6) is 11.5 Å². The van der Waals surface area contributed by atoms with Crippen LogP contribution in [0.1, 0.15) is 0 Å². The monoisotopic (exact) mass is 431 g/mol. The third-order valence-electron chi connectivity index (χ3n) is 5.30. The Hall–Kier alpha value is -4.85. The van der Waals surface area contributed by atoms with E-state index in [4.69, 9.17) is 4.74 Å². The van der Waals surface area contributed by atoms with Crippen molar-refractivity contribution in [2.24, 2.45) is 0 Å². The van der Waals surface area contributed by atoms with Gasteiger partial charge in [0, 0.05) is 17.3 Å². The van der Waals surface area contributed by atoms with Crippen LogP contribution in [0.3, 0.4) is 0 Å². The number of fused-ring (bicyclic) bond motifs is 1. The molecule has 0 unspecified atom stereocenters. The minimum absolute atomic E-state index is 0.447. The number of rotatable bonds is 5. The Balaban J connectivity index is 1.49. The van der Waals surface area contributed by atoms with Crippen LogP contribution in [0.4, 0.5) is 0 Å². The zero-order chi connectivity index (χ0) is 22.0. The number of tetrazole rings is 1. The Labute approximate surface area is 188 Å². The largest absolute Gasteiger partial charge is 0.457 e. The fraction of sp³-hybridized carbons (Fsp3) is 0. The van der Waals surface area contributed by atoms with E-state index in [0.29, 0.717) is 17.0 Å². The van der Waals surface area contributed by atoms with Crippen molar-refractivity contribution in [1.82, 2.24) is 35.2 Å². The van der Waals surface area contributed by atoms with E-state index in [9.17, 15) is 0 Å². The molecule has 0 aliphatic heterocycles. The number of aromatic nitrogens is 7. The lowest BCUT2D eigenvalue weighted by molar-refractivity contribution is 0.483. The molecule has 0 bridgehead atoms. The van der Waals surface area contributed by atoms with Gasteiger partial charge in [-0.1, -0.05) is 48.5 Å². The van der Waals surface area contributed by atoms with Gasteiger partial charge in [0.1, 0.15) is 11.5 Å². The molecule has 0 saturated heterocycles. The Morgan fingerprint density at radius 3 is 2.15 bits per heavy atom. The highest BCUT2D eigenvalue weighted by molar-refractivity contribution is 5.84. The van der Waals surface area contributed by atoms with Gasteiger partial charge in [0.15, 0.2) is 5.65 Å².